The summed E-state index contributed by atoms with van der Waals surface area (Å²) in [6.07, 6.45) is -1.57. The fourth-order valence-electron chi connectivity index (χ4n) is 4.03. The number of hydrogen-bond donors (Lipinski definition) is 3. The van der Waals surface area contributed by atoms with Gasteiger partial charge in [-0.05, 0) is 25.0 Å². The number of imidazole rings is 1. The smallest absolute Gasteiger partial charge is 0.320 e. The number of carbonyl (C=O) groups excluding carboxylic acids is 1. The summed E-state index contributed by atoms with van der Waals surface area (Å²) in [5.74, 6) is 6.06. The first-order valence-corrected chi connectivity index (χ1v) is 12.8. The Balaban J connectivity index is 1.42. The third-order valence-electron chi connectivity index (χ3n) is 5.56. The standard InChI is InChI=1S/C22H23N6O8P/c1-2-23-22(29)27-19-16-20(25-11-24-19)28(12-26-16)21-18-17(14(34-21)10-33-37(30,31)32)35-15(36-18)9-8-13-6-4-3-5-7-13/h3-7,11-12,14-15,17-18,21H,2,10H2,1H3,(H2,30,31,32)(H2,23,24,25,27,29)/p-1/t14-,15?,17+,18?,21-/m1/s1. The largest absolute Gasteiger partial charge is 0.756 e. The van der Waals surface area contributed by atoms with E-state index in [9.17, 15) is 14.3 Å². The molecule has 0 spiro atoms. The minimum atomic E-state index is -5.01. The normalized spacial score (nSPS) is 26.2. The molecule has 2 saturated heterocycles. The predicted molar refractivity (Wildman–Crippen MR) is 125 cm³/mol. The Morgan fingerprint density at radius 2 is 2.00 bits per heavy atom. The monoisotopic (exact) mass is 529 g/mol. The molecule has 1 aromatic carbocycles. The van der Waals surface area contributed by atoms with E-state index >= 15 is 0 Å². The molecule has 2 amide bonds. The maximum Gasteiger partial charge on any atom is 0.320 e. The molecule has 0 bridgehead atoms. The average Bonchev–Trinajstić information content (AvgIpc) is 3.56. The van der Waals surface area contributed by atoms with Gasteiger partial charge in [0.25, 0.3) is 7.82 Å². The number of urea groups is 1. The van der Waals surface area contributed by atoms with Crippen molar-refractivity contribution < 1.29 is 37.9 Å². The van der Waals surface area contributed by atoms with Crippen molar-refractivity contribution in [3.8, 4) is 11.8 Å². The summed E-state index contributed by atoms with van der Waals surface area (Å²) in [7, 11) is -5.01. The second kappa shape index (κ2) is 10.5. The summed E-state index contributed by atoms with van der Waals surface area (Å²) < 4.78 is 35.3. The molecule has 2 aromatic heterocycles. The van der Waals surface area contributed by atoms with Crippen LogP contribution in [0.3, 0.4) is 0 Å². The third kappa shape index (κ3) is 5.63. The molecule has 4 heterocycles. The summed E-state index contributed by atoms with van der Waals surface area (Å²) in [4.78, 5) is 44.9. The second-order valence-corrected chi connectivity index (χ2v) is 9.22. The molecule has 194 valence electrons. The first-order valence-electron chi connectivity index (χ1n) is 11.3. The highest BCUT2D eigenvalue weighted by atomic mass is 31.2. The van der Waals surface area contributed by atoms with Crippen LogP contribution in [0.25, 0.3) is 11.2 Å². The first kappa shape index (κ1) is 25.2. The maximum atomic E-state index is 12.0. The van der Waals surface area contributed by atoms with Gasteiger partial charge in [0.2, 0.25) is 6.29 Å². The van der Waals surface area contributed by atoms with E-state index in [4.69, 9.17) is 19.1 Å². The molecule has 0 saturated carbocycles. The van der Waals surface area contributed by atoms with Crippen molar-refractivity contribution in [2.75, 3.05) is 18.5 Å². The summed E-state index contributed by atoms with van der Waals surface area (Å²) in [5, 5.41) is 5.23. The number of ether oxygens (including phenoxy) is 3. The van der Waals surface area contributed by atoms with Crippen molar-refractivity contribution in [3.05, 3.63) is 48.5 Å². The fourth-order valence-corrected chi connectivity index (χ4v) is 4.37. The number of benzene rings is 1. The van der Waals surface area contributed by atoms with Gasteiger partial charge < -0.3 is 33.8 Å². The molecule has 0 radical (unpaired) electrons. The number of anilines is 1. The van der Waals surface area contributed by atoms with Crippen molar-refractivity contribution in [2.45, 2.75) is 37.8 Å². The molecule has 6 atom stereocenters. The fraction of sp³-hybridized carbons (Fsp3) is 0.364. The Morgan fingerprint density at radius 3 is 2.76 bits per heavy atom. The first-order chi connectivity index (χ1) is 17.8. The number of carbonyl (C=O) groups is 1. The van der Waals surface area contributed by atoms with Gasteiger partial charge in [-0.15, -0.1) is 0 Å². The van der Waals surface area contributed by atoms with Crippen LogP contribution in [0.5, 0.6) is 0 Å². The van der Waals surface area contributed by atoms with Gasteiger partial charge in [-0.25, -0.2) is 19.7 Å². The molecule has 15 heteroatoms. The van der Waals surface area contributed by atoms with E-state index in [-0.39, 0.29) is 5.82 Å². The summed E-state index contributed by atoms with van der Waals surface area (Å²) in [6, 6.07) is 8.79. The van der Waals surface area contributed by atoms with Gasteiger partial charge in [0.15, 0.2) is 23.2 Å². The van der Waals surface area contributed by atoms with E-state index in [1.165, 1.54) is 12.7 Å². The molecule has 2 aliphatic rings. The molecule has 3 aromatic rings. The van der Waals surface area contributed by atoms with Crippen molar-refractivity contribution >= 4 is 30.8 Å². The van der Waals surface area contributed by atoms with E-state index in [1.807, 2.05) is 30.3 Å². The summed E-state index contributed by atoms with van der Waals surface area (Å²) >= 11 is 0. The average molecular weight is 529 g/mol. The molecular formula is C22H22N6O8P-. The second-order valence-electron chi connectivity index (χ2n) is 8.03. The number of nitrogens with one attached hydrogen (secondary N) is 2. The number of nitrogens with zero attached hydrogens (tertiary/aromatic N) is 4. The maximum absolute atomic E-state index is 12.0. The van der Waals surface area contributed by atoms with E-state index in [0.29, 0.717) is 17.7 Å². The van der Waals surface area contributed by atoms with E-state index in [1.54, 1.807) is 11.5 Å². The van der Waals surface area contributed by atoms with Crippen LogP contribution in [0.4, 0.5) is 10.6 Å². The topological polar surface area (TPSA) is 182 Å². The number of rotatable bonds is 6. The molecule has 2 aliphatic heterocycles. The zero-order chi connectivity index (χ0) is 26.0. The minimum Gasteiger partial charge on any atom is -0.756 e. The van der Waals surface area contributed by atoms with Crippen LogP contribution in [0.1, 0.15) is 18.7 Å². The third-order valence-corrected chi connectivity index (χ3v) is 6.03. The molecule has 0 aliphatic carbocycles. The Labute approximate surface area is 210 Å². The van der Waals surface area contributed by atoms with E-state index < -0.39 is 51.3 Å². The molecule has 2 fully saturated rings. The summed E-state index contributed by atoms with van der Waals surface area (Å²) in [6.45, 7) is 1.69. The Morgan fingerprint density at radius 1 is 1.22 bits per heavy atom. The molecule has 5 rings (SSSR count). The molecular weight excluding hydrogens is 507 g/mol. The van der Waals surface area contributed by atoms with Crippen LogP contribution in [-0.2, 0) is 23.3 Å². The highest BCUT2D eigenvalue weighted by Gasteiger charge is 2.54. The Kier molecular flexibility index (Phi) is 7.18. The Hall–Kier alpha value is -3.41. The van der Waals surface area contributed by atoms with Crippen LogP contribution in [0.15, 0.2) is 43.0 Å². The van der Waals surface area contributed by atoms with Crippen LogP contribution in [0, 0.1) is 11.8 Å². The molecule has 14 nitrogen and oxygen atoms in total. The van der Waals surface area contributed by atoms with Crippen molar-refractivity contribution in [1.82, 2.24) is 24.8 Å². The lowest BCUT2D eigenvalue weighted by Gasteiger charge is -2.22. The van der Waals surface area contributed by atoms with Gasteiger partial charge in [-0.2, -0.15) is 0 Å². The number of phosphoric acid groups is 1. The number of aromatic nitrogens is 4. The van der Waals surface area contributed by atoms with Gasteiger partial charge in [0.1, 0.15) is 24.6 Å². The van der Waals surface area contributed by atoms with Crippen molar-refractivity contribution in [2.24, 2.45) is 0 Å². The van der Waals surface area contributed by atoms with Gasteiger partial charge >= 0.3 is 6.03 Å². The highest BCUT2D eigenvalue weighted by molar-refractivity contribution is 7.44. The molecule has 3 unspecified atom stereocenters. The SMILES string of the molecule is CCNC(=O)Nc1ncnc2c1ncn2[C@@H]1O[C@H](COP(=O)([O-])O)[C@@H]2OC(C#Cc3ccccc3)OC21. The quantitative estimate of drug-likeness (QED) is 0.299. The van der Waals surface area contributed by atoms with Gasteiger partial charge in [-0.1, -0.05) is 24.1 Å². The molecule has 37 heavy (non-hydrogen) atoms. The zero-order valence-electron chi connectivity index (χ0n) is 19.4. The summed E-state index contributed by atoms with van der Waals surface area (Å²) in [5.41, 5.74) is 1.38. The van der Waals surface area contributed by atoms with Gasteiger partial charge in [-0.3, -0.25) is 14.4 Å². The van der Waals surface area contributed by atoms with E-state index in [0.717, 1.165) is 5.56 Å². The van der Waals surface area contributed by atoms with Crippen LogP contribution < -0.4 is 15.5 Å². The van der Waals surface area contributed by atoms with Gasteiger partial charge in [0.05, 0.1) is 12.9 Å². The van der Waals surface area contributed by atoms with Gasteiger partial charge in [0, 0.05) is 12.1 Å². The minimum absolute atomic E-state index is 0.187. The van der Waals surface area contributed by atoms with E-state index in [2.05, 4.69) is 42.0 Å². The number of amides is 2. The number of phosphoric ester groups is 1. The lowest BCUT2D eigenvalue weighted by molar-refractivity contribution is -0.223. The Bertz CT molecular complexity index is 1390. The van der Waals surface area contributed by atoms with Crippen LogP contribution in [-0.4, -0.2) is 68.2 Å². The zero-order valence-corrected chi connectivity index (χ0v) is 20.3. The number of hydrogen-bond acceptors (Lipinski definition) is 10. The van der Waals surface area contributed by atoms with Crippen LogP contribution in [0.2, 0.25) is 0 Å². The van der Waals surface area contributed by atoms with Crippen molar-refractivity contribution in [3.63, 3.8) is 0 Å². The highest BCUT2D eigenvalue weighted by Crippen LogP contribution is 2.42. The predicted octanol–water partition coefficient (Wildman–Crippen LogP) is 0.504. The van der Waals surface area contributed by atoms with Crippen LogP contribution >= 0.6 is 7.82 Å². The van der Waals surface area contributed by atoms with Crippen molar-refractivity contribution in [1.29, 1.82) is 0 Å². The molecule has 3 N–H and O–H groups in total. The lowest BCUT2D eigenvalue weighted by Crippen LogP contribution is -2.32. The lowest BCUT2D eigenvalue weighted by atomic mass is 10.1. The number of fused-ring (bicyclic) bond motifs is 2.